The fourth-order valence-electron chi connectivity index (χ4n) is 3.61. The number of hydrogen-bond acceptors (Lipinski definition) is 7. The number of amides is 1. The third-order valence-corrected chi connectivity index (χ3v) is 7.16. The van der Waals surface area contributed by atoms with Gasteiger partial charge >= 0.3 is 6.09 Å². The average molecular weight is 544 g/mol. The lowest BCUT2D eigenvalue weighted by atomic mass is 9.93. The summed E-state index contributed by atoms with van der Waals surface area (Å²) in [6.45, 7) is 6.52. The largest absolute Gasteiger partial charge is 0.444 e. The number of nitrogens with one attached hydrogen (secondary N) is 1. The molecule has 202 valence electrons. The van der Waals surface area contributed by atoms with E-state index in [2.05, 4.69) is 10.4 Å². The molecule has 0 aliphatic carbocycles. The molecule has 9 nitrogen and oxygen atoms in total. The topological polar surface area (TPSA) is 124 Å². The second kappa shape index (κ2) is 11.3. The van der Waals surface area contributed by atoms with Crippen LogP contribution in [-0.4, -0.2) is 41.4 Å². The maximum atomic E-state index is 13.5. The zero-order valence-electron chi connectivity index (χ0n) is 21.9. The second-order valence-corrected chi connectivity index (χ2v) is 12.1. The number of benzene rings is 2. The predicted octanol–water partition coefficient (Wildman–Crippen LogP) is 3.78. The molecule has 0 saturated carbocycles. The highest BCUT2D eigenvalue weighted by Gasteiger charge is 2.22. The third kappa shape index (κ3) is 7.34. The number of halogens is 1. The first kappa shape index (κ1) is 28.7. The van der Waals surface area contributed by atoms with E-state index in [0.717, 1.165) is 16.8 Å². The van der Waals surface area contributed by atoms with Crippen LogP contribution in [0.3, 0.4) is 0 Å². The first-order chi connectivity index (χ1) is 17.7. The predicted molar refractivity (Wildman–Crippen MR) is 141 cm³/mol. The number of carbonyl (C=O) groups excluding carboxylic acids is 2. The van der Waals surface area contributed by atoms with Crippen molar-refractivity contribution >= 4 is 21.7 Å². The van der Waals surface area contributed by atoms with Gasteiger partial charge in [-0.25, -0.2) is 22.3 Å². The Morgan fingerprint density at radius 1 is 1.08 bits per heavy atom. The number of hydrogen-bond donors (Lipinski definition) is 1. The summed E-state index contributed by atoms with van der Waals surface area (Å²) in [5, 5.41) is 6.94. The lowest BCUT2D eigenvalue weighted by Gasteiger charge is -2.20. The zero-order chi connectivity index (χ0) is 28.3. The lowest BCUT2D eigenvalue weighted by molar-refractivity contribution is 0.0523. The van der Waals surface area contributed by atoms with Crippen molar-refractivity contribution in [1.82, 2.24) is 15.1 Å². The lowest BCUT2D eigenvalue weighted by Crippen LogP contribution is -2.33. The Bertz CT molecular complexity index is 1520. The van der Waals surface area contributed by atoms with Crippen LogP contribution < -0.4 is 10.9 Å². The van der Waals surface area contributed by atoms with Gasteiger partial charge in [-0.05, 0) is 56.7 Å². The standard InChI is InChI=1S/C27H30FN3O6S/c1-6-38(35,36)16-17-7-12-21(25(33)18-8-10-20(28)11-9-18)22(13-17)24-19(14-23(32)31(5)30-24)15-29-26(34)37-27(2,3)4/h7-14H,6,15-16H2,1-5H3,(H,29,34). The second-order valence-electron chi connectivity index (χ2n) is 9.73. The molecule has 38 heavy (non-hydrogen) atoms. The highest BCUT2D eigenvalue weighted by atomic mass is 32.2. The molecule has 0 radical (unpaired) electrons. The van der Waals surface area contributed by atoms with Crippen LogP contribution in [0.4, 0.5) is 9.18 Å². The van der Waals surface area contributed by atoms with Gasteiger partial charge in [0.2, 0.25) is 0 Å². The maximum Gasteiger partial charge on any atom is 0.407 e. The van der Waals surface area contributed by atoms with Crippen molar-refractivity contribution in [3.8, 4) is 11.3 Å². The van der Waals surface area contributed by atoms with Crippen LogP contribution in [0.1, 0.15) is 54.7 Å². The molecule has 11 heteroatoms. The van der Waals surface area contributed by atoms with Gasteiger partial charge in [0, 0.05) is 47.7 Å². The monoisotopic (exact) mass is 543 g/mol. The van der Waals surface area contributed by atoms with E-state index < -0.39 is 38.7 Å². The first-order valence-electron chi connectivity index (χ1n) is 11.9. The summed E-state index contributed by atoms with van der Waals surface area (Å²) in [4.78, 5) is 38.2. The highest BCUT2D eigenvalue weighted by Crippen LogP contribution is 2.29. The van der Waals surface area contributed by atoms with Crippen LogP contribution in [-0.2, 0) is 33.9 Å². The summed E-state index contributed by atoms with van der Waals surface area (Å²) in [6, 6.07) is 10.8. The van der Waals surface area contributed by atoms with Gasteiger partial charge in [0.15, 0.2) is 15.6 Å². The Morgan fingerprint density at radius 3 is 2.34 bits per heavy atom. The average Bonchev–Trinajstić information content (AvgIpc) is 2.83. The smallest absolute Gasteiger partial charge is 0.407 e. The molecule has 1 N–H and O–H groups in total. The van der Waals surface area contributed by atoms with Crippen molar-refractivity contribution in [2.45, 2.75) is 45.6 Å². The molecule has 0 spiro atoms. The quantitative estimate of drug-likeness (QED) is 0.429. The van der Waals surface area contributed by atoms with E-state index in [1.54, 1.807) is 20.8 Å². The van der Waals surface area contributed by atoms with Gasteiger partial charge in [0.25, 0.3) is 5.56 Å². The third-order valence-electron chi connectivity index (χ3n) is 5.51. The molecule has 1 amide bonds. The van der Waals surface area contributed by atoms with Gasteiger partial charge in [-0.2, -0.15) is 5.10 Å². The highest BCUT2D eigenvalue weighted by molar-refractivity contribution is 7.90. The Hall–Kier alpha value is -3.86. The van der Waals surface area contributed by atoms with E-state index in [1.165, 1.54) is 50.4 Å². The Labute approximate surface area is 220 Å². The van der Waals surface area contributed by atoms with E-state index in [4.69, 9.17) is 4.74 Å². The molecule has 0 fully saturated rings. The van der Waals surface area contributed by atoms with Crippen molar-refractivity contribution < 1.29 is 27.1 Å². The molecule has 0 bridgehead atoms. The number of aromatic nitrogens is 2. The van der Waals surface area contributed by atoms with Crippen molar-refractivity contribution in [3.63, 3.8) is 0 Å². The van der Waals surface area contributed by atoms with Crippen LogP contribution in [0.5, 0.6) is 0 Å². The number of nitrogens with zero attached hydrogens (tertiary/aromatic N) is 2. The normalized spacial score (nSPS) is 11.7. The van der Waals surface area contributed by atoms with E-state index >= 15 is 0 Å². The molecule has 0 aliphatic rings. The van der Waals surface area contributed by atoms with Crippen molar-refractivity contribution in [2.24, 2.45) is 7.05 Å². The van der Waals surface area contributed by atoms with Crippen molar-refractivity contribution in [2.75, 3.05) is 5.75 Å². The van der Waals surface area contributed by atoms with Crippen LogP contribution >= 0.6 is 0 Å². The summed E-state index contributed by atoms with van der Waals surface area (Å²) >= 11 is 0. The molecule has 0 atom stereocenters. The van der Waals surface area contributed by atoms with Gasteiger partial charge in [-0.3, -0.25) is 9.59 Å². The summed E-state index contributed by atoms with van der Waals surface area (Å²) < 4.78 is 44.5. The van der Waals surface area contributed by atoms with Gasteiger partial charge in [0.1, 0.15) is 11.4 Å². The van der Waals surface area contributed by atoms with Crippen LogP contribution in [0.2, 0.25) is 0 Å². The minimum absolute atomic E-state index is 0.0677. The number of carbonyl (C=O) groups is 2. The van der Waals surface area contributed by atoms with Gasteiger partial charge in [-0.15, -0.1) is 0 Å². The summed E-state index contributed by atoms with van der Waals surface area (Å²) in [7, 11) is -1.97. The number of sulfone groups is 1. The van der Waals surface area contributed by atoms with E-state index in [-0.39, 0.29) is 40.4 Å². The van der Waals surface area contributed by atoms with E-state index in [1.807, 2.05) is 0 Å². The number of rotatable bonds is 8. The molecule has 1 heterocycles. The minimum atomic E-state index is -3.40. The molecular formula is C27H30FN3O6S. The number of aryl methyl sites for hydroxylation is 1. The van der Waals surface area contributed by atoms with Gasteiger partial charge in [-0.1, -0.05) is 19.1 Å². The summed E-state index contributed by atoms with van der Waals surface area (Å²) in [5.41, 5.74) is 0.349. The Balaban J connectivity index is 2.17. The van der Waals surface area contributed by atoms with Crippen molar-refractivity contribution in [1.29, 1.82) is 0 Å². The van der Waals surface area contributed by atoms with Crippen LogP contribution in [0.15, 0.2) is 53.3 Å². The molecular weight excluding hydrogens is 513 g/mol. The molecule has 0 aliphatic heterocycles. The SMILES string of the molecule is CCS(=O)(=O)Cc1ccc(C(=O)c2ccc(F)cc2)c(-c2nn(C)c(=O)cc2CNC(=O)OC(C)(C)C)c1. The van der Waals surface area contributed by atoms with E-state index in [9.17, 15) is 27.2 Å². The minimum Gasteiger partial charge on any atom is -0.444 e. The summed E-state index contributed by atoms with van der Waals surface area (Å²) in [5.74, 6) is -1.29. The molecule has 1 aromatic heterocycles. The maximum absolute atomic E-state index is 13.5. The number of ketones is 1. The summed E-state index contributed by atoms with van der Waals surface area (Å²) in [6.07, 6.45) is -0.713. The molecule has 3 aromatic rings. The van der Waals surface area contributed by atoms with Crippen molar-refractivity contribution in [3.05, 3.63) is 87.0 Å². The molecule has 0 unspecified atom stereocenters. The molecule has 2 aromatic carbocycles. The van der Waals surface area contributed by atoms with Crippen LogP contribution in [0.25, 0.3) is 11.3 Å². The van der Waals surface area contributed by atoms with E-state index in [0.29, 0.717) is 11.1 Å². The fraction of sp³-hybridized carbons (Fsp3) is 0.333. The zero-order valence-corrected chi connectivity index (χ0v) is 22.7. The number of ether oxygens (including phenoxy) is 1. The van der Waals surface area contributed by atoms with Crippen LogP contribution in [0, 0.1) is 5.82 Å². The fourth-order valence-corrected chi connectivity index (χ4v) is 4.50. The first-order valence-corrected chi connectivity index (χ1v) is 13.7. The van der Waals surface area contributed by atoms with Gasteiger partial charge in [0.05, 0.1) is 11.4 Å². The Kier molecular flexibility index (Phi) is 8.51. The molecule has 3 rings (SSSR count). The number of alkyl carbamates (subject to hydrolysis) is 1. The Morgan fingerprint density at radius 2 is 1.74 bits per heavy atom. The molecule has 0 saturated heterocycles. The van der Waals surface area contributed by atoms with Gasteiger partial charge < -0.3 is 10.1 Å².